The van der Waals surface area contributed by atoms with E-state index in [4.69, 9.17) is 0 Å². The maximum absolute atomic E-state index is 13.3. The molecule has 0 atom stereocenters. The van der Waals surface area contributed by atoms with Crippen LogP contribution in [0.3, 0.4) is 0 Å². The van der Waals surface area contributed by atoms with Crippen LogP contribution in [0.5, 0.6) is 0 Å². The van der Waals surface area contributed by atoms with Gasteiger partial charge in [-0.1, -0.05) is 0 Å². The molecule has 20 heavy (non-hydrogen) atoms. The van der Waals surface area contributed by atoms with Crippen LogP contribution >= 0.6 is 0 Å². The van der Waals surface area contributed by atoms with E-state index in [9.17, 15) is 21.2 Å². The van der Waals surface area contributed by atoms with Crippen molar-refractivity contribution in [3.05, 3.63) is 24.0 Å². The number of benzene rings is 1. The van der Waals surface area contributed by atoms with E-state index in [1.807, 2.05) is 0 Å². The third kappa shape index (κ3) is 3.60. The molecule has 0 amide bonds. The van der Waals surface area contributed by atoms with Crippen molar-refractivity contribution < 1.29 is 21.2 Å². The van der Waals surface area contributed by atoms with Gasteiger partial charge in [-0.15, -0.1) is 0 Å². The highest BCUT2D eigenvalue weighted by Gasteiger charge is 2.36. The standard InChI is InChI=1S/C11H15FN2O4S2/c1-19(15,16)13-10-7-8(12)3-6-11(10)14(9-4-5-9)20(2,17)18/h3,6-7,9,13H,4-5H2,1-2H3. The van der Waals surface area contributed by atoms with Gasteiger partial charge < -0.3 is 0 Å². The highest BCUT2D eigenvalue weighted by atomic mass is 32.2. The summed E-state index contributed by atoms with van der Waals surface area (Å²) >= 11 is 0. The van der Waals surface area contributed by atoms with Crippen LogP contribution in [0, 0.1) is 5.82 Å². The summed E-state index contributed by atoms with van der Waals surface area (Å²) in [4.78, 5) is 0. The van der Waals surface area contributed by atoms with Crippen LogP contribution in [0.25, 0.3) is 0 Å². The zero-order valence-electron chi connectivity index (χ0n) is 11.0. The first-order valence-electron chi connectivity index (χ1n) is 5.85. The fraction of sp³-hybridized carbons (Fsp3) is 0.455. The van der Waals surface area contributed by atoms with Gasteiger partial charge in [0.15, 0.2) is 0 Å². The Labute approximate surface area is 117 Å². The second kappa shape index (κ2) is 4.88. The second-order valence-electron chi connectivity index (χ2n) is 4.83. The summed E-state index contributed by atoms with van der Waals surface area (Å²) in [5, 5.41) is 0. The molecule has 0 spiro atoms. The molecule has 112 valence electrons. The van der Waals surface area contributed by atoms with Crippen molar-refractivity contribution in [2.75, 3.05) is 21.5 Å². The minimum absolute atomic E-state index is 0.0789. The summed E-state index contributed by atoms with van der Waals surface area (Å²) in [6.07, 6.45) is 3.36. The zero-order valence-corrected chi connectivity index (χ0v) is 12.6. The number of nitrogens with zero attached hydrogens (tertiary/aromatic N) is 1. The van der Waals surface area contributed by atoms with E-state index >= 15 is 0 Å². The topological polar surface area (TPSA) is 83.6 Å². The Kier molecular flexibility index (Phi) is 3.67. The molecule has 0 saturated heterocycles. The minimum Gasteiger partial charge on any atom is -0.282 e. The molecule has 1 N–H and O–H groups in total. The predicted molar refractivity (Wildman–Crippen MR) is 75.2 cm³/mol. The van der Waals surface area contributed by atoms with E-state index in [-0.39, 0.29) is 17.4 Å². The lowest BCUT2D eigenvalue weighted by Crippen LogP contribution is -2.33. The number of halogens is 1. The van der Waals surface area contributed by atoms with Crippen LogP contribution in [0.1, 0.15) is 12.8 Å². The highest BCUT2D eigenvalue weighted by molar-refractivity contribution is 7.92. The SMILES string of the molecule is CS(=O)(=O)Nc1cc(F)ccc1N(C1CC1)S(C)(=O)=O. The van der Waals surface area contributed by atoms with Gasteiger partial charge in [0.2, 0.25) is 20.0 Å². The number of hydrogen-bond donors (Lipinski definition) is 1. The summed E-state index contributed by atoms with van der Waals surface area (Å²) < 4.78 is 63.0. The van der Waals surface area contributed by atoms with Crippen molar-refractivity contribution in [2.45, 2.75) is 18.9 Å². The first-order valence-corrected chi connectivity index (χ1v) is 9.58. The van der Waals surface area contributed by atoms with Crippen molar-refractivity contribution in [1.29, 1.82) is 0 Å². The molecular weight excluding hydrogens is 307 g/mol. The van der Waals surface area contributed by atoms with Crippen LogP contribution in [0.2, 0.25) is 0 Å². The van der Waals surface area contributed by atoms with Crippen LogP contribution in [-0.2, 0) is 20.0 Å². The Balaban J connectivity index is 2.54. The van der Waals surface area contributed by atoms with Gasteiger partial charge in [0.05, 0.1) is 23.9 Å². The molecular formula is C11H15FN2O4S2. The Morgan fingerprint density at radius 1 is 1.20 bits per heavy atom. The molecule has 1 saturated carbocycles. The van der Waals surface area contributed by atoms with Gasteiger partial charge in [0.25, 0.3) is 0 Å². The van der Waals surface area contributed by atoms with Gasteiger partial charge in [0, 0.05) is 12.1 Å². The fourth-order valence-corrected chi connectivity index (χ4v) is 3.77. The molecule has 0 aromatic heterocycles. The maximum atomic E-state index is 13.3. The van der Waals surface area contributed by atoms with Crippen molar-refractivity contribution >= 4 is 31.4 Å². The van der Waals surface area contributed by atoms with Crippen molar-refractivity contribution in [2.24, 2.45) is 0 Å². The average molecular weight is 322 g/mol. The Morgan fingerprint density at radius 3 is 2.25 bits per heavy atom. The van der Waals surface area contributed by atoms with Crippen LogP contribution in [-0.4, -0.2) is 35.4 Å². The van der Waals surface area contributed by atoms with E-state index in [1.165, 1.54) is 6.07 Å². The number of nitrogens with one attached hydrogen (secondary N) is 1. The van der Waals surface area contributed by atoms with Gasteiger partial charge in [-0.2, -0.15) is 0 Å². The summed E-state index contributed by atoms with van der Waals surface area (Å²) in [6, 6.07) is 3.14. The van der Waals surface area contributed by atoms with E-state index in [0.717, 1.165) is 28.9 Å². The number of hydrogen-bond acceptors (Lipinski definition) is 4. The first-order chi connectivity index (χ1) is 9.08. The monoisotopic (exact) mass is 322 g/mol. The van der Waals surface area contributed by atoms with Crippen molar-refractivity contribution in [3.8, 4) is 0 Å². The molecule has 6 nitrogen and oxygen atoms in total. The smallest absolute Gasteiger partial charge is 0.232 e. The van der Waals surface area contributed by atoms with Crippen LogP contribution in [0.15, 0.2) is 18.2 Å². The first kappa shape index (κ1) is 15.0. The molecule has 0 aliphatic heterocycles. The van der Waals surface area contributed by atoms with E-state index in [2.05, 4.69) is 4.72 Å². The van der Waals surface area contributed by atoms with E-state index < -0.39 is 25.9 Å². The van der Waals surface area contributed by atoms with Gasteiger partial charge in [-0.3, -0.25) is 9.03 Å². The van der Waals surface area contributed by atoms with Gasteiger partial charge in [-0.25, -0.2) is 21.2 Å². The normalized spacial score (nSPS) is 15.9. The average Bonchev–Trinajstić information content (AvgIpc) is 3.01. The van der Waals surface area contributed by atoms with Gasteiger partial charge in [0.1, 0.15) is 5.82 Å². The molecule has 1 aromatic rings. The molecule has 1 fully saturated rings. The third-order valence-electron chi connectivity index (χ3n) is 2.73. The quantitative estimate of drug-likeness (QED) is 0.881. The van der Waals surface area contributed by atoms with Crippen LogP contribution in [0.4, 0.5) is 15.8 Å². The fourth-order valence-electron chi connectivity index (χ4n) is 1.94. The molecule has 0 unspecified atom stereocenters. The van der Waals surface area contributed by atoms with Crippen molar-refractivity contribution in [1.82, 2.24) is 0 Å². The van der Waals surface area contributed by atoms with Gasteiger partial charge in [-0.05, 0) is 25.0 Å². The molecule has 0 radical (unpaired) electrons. The second-order valence-corrected chi connectivity index (χ2v) is 8.43. The number of sulfonamides is 2. The Hall–Kier alpha value is -1.35. The largest absolute Gasteiger partial charge is 0.282 e. The lowest BCUT2D eigenvalue weighted by Gasteiger charge is -2.24. The summed E-state index contributed by atoms with van der Waals surface area (Å²) in [5.41, 5.74) is 0.0617. The Morgan fingerprint density at radius 2 is 1.80 bits per heavy atom. The minimum atomic E-state index is -3.64. The van der Waals surface area contributed by atoms with E-state index in [0.29, 0.717) is 12.8 Å². The van der Waals surface area contributed by atoms with E-state index in [1.54, 1.807) is 0 Å². The van der Waals surface area contributed by atoms with Crippen LogP contribution < -0.4 is 9.03 Å². The molecule has 1 aliphatic carbocycles. The maximum Gasteiger partial charge on any atom is 0.232 e. The molecule has 9 heteroatoms. The molecule has 2 rings (SSSR count). The summed E-state index contributed by atoms with van der Waals surface area (Å²) in [6.45, 7) is 0. The Bertz CT molecular complexity index is 727. The number of rotatable bonds is 5. The molecule has 1 aliphatic rings. The summed E-state index contributed by atoms with van der Waals surface area (Å²) in [7, 11) is -7.21. The third-order valence-corrected chi connectivity index (χ3v) is 4.53. The lowest BCUT2D eigenvalue weighted by atomic mass is 10.2. The lowest BCUT2D eigenvalue weighted by molar-refractivity contribution is 0.595. The molecule has 0 bridgehead atoms. The predicted octanol–water partition coefficient (Wildman–Crippen LogP) is 1.13. The molecule has 0 heterocycles. The summed E-state index contributed by atoms with van der Waals surface area (Å²) in [5.74, 6) is -0.649. The highest BCUT2D eigenvalue weighted by Crippen LogP contribution is 2.38. The van der Waals surface area contributed by atoms with Gasteiger partial charge >= 0.3 is 0 Å². The van der Waals surface area contributed by atoms with Crippen molar-refractivity contribution in [3.63, 3.8) is 0 Å². The zero-order chi connectivity index (χ0) is 15.1. The number of anilines is 2. The molecule has 1 aromatic carbocycles.